The van der Waals surface area contributed by atoms with Gasteiger partial charge in [-0.1, -0.05) is 0 Å². The number of carboxylic acid groups (broad SMARTS) is 1. The number of aromatic amines is 1. The van der Waals surface area contributed by atoms with Gasteiger partial charge in [-0.05, 0) is 19.9 Å². The van der Waals surface area contributed by atoms with Gasteiger partial charge in [-0.15, -0.1) is 0 Å². The molecule has 4 heteroatoms. The Bertz CT molecular complexity index is 291. The van der Waals surface area contributed by atoms with E-state index in [2.05, 4.69) is 10.3 Å². The van der Waals surface area contributed by atoms with Crippen LogP contribution in [0.5, 0.6) is 0 Å². The average Bonchev–Trinajstić information content (AvgIpc) is 2.26. The van der Waals surface area contributed by atoms with Crippen molar-refractivity contribution in [3.63, 3.8) is 0 Å². The normalized spacial score (nSPS) is 9.83. The Balaban J connectivity index is 2.62. The van der Waals surface area contributed by atoms with E-state index < -0.39 is 5.97 Å². The summed E-state index contributed by atoms with van der Waals surface area (Å²) >= 11 is 0. The van der Waals surface area contributed by atoms with Crippen molar-refractivity contribution >= 4 is 11.7 Å². The summed E-state index contributed by atoms with van der Waals surface area (Å²) in [4.78, 5) is 13.3. The molecule has 66 valence electrons. The summed E-state index contributed by atoms with van der Waals surface area (Å²) in [6.45, 7) is 3.79. The number of nitrogens with one attached hydrogen (secondary N) is 2. The lowest BCUT2D eigenvalue weighted by molar-refractivity contribution is -0.134. The predicted octanol–water partition coefficient (Wildman–Crippen LogP) is 1.13. The van der Waals surface area contributed by atoms with E-state index in [0.717, 1.165) is 17.1 Å². The summed E-state index contributed by atoms with van der Waals surface area (Å²) in [5, 5.41) is 11.2. The molecule has 1 rings (SSSR count). The van der Waals surface area contributed by atoms with Crippen LogP contribution in [-0.4, -0.2) is 22.6 Å². The minimum atomic E-state index is -0.853. The zero-order chi connectivity index (χ0) is 9.14. The largest absolute Gasteiger partial charge is 0.480 e. The maximum Gasteiger partial charge on any atom is 0.322 e. The molecule has 0 aliphatic rings. The van der Waals surface area contributed by atoms with Crippen molar-refractivity contribution in [1.82, 2.24) is 4.98 Å². The van der Waals surface area contributed by atoms with E-state index in [9.17, 15) is 4.79 Å². The summed E-state index contributed by atoms with van der Waals surface area (Å²) < 4.78 is 0. The van der Waals surface area contributed by atoms with Gasteiger partial charge in [0.2, 0.25) is 0 Å². The first kappa shape index (κ1) is 8.64. The van der Waals surface area contributed by atoms with Gasteiger partial charge in [-0.3, -0.25) is 4.79 Å². The van der Waals surface area contributed by atoms with Crippen molar-refractivity contribution in [2.45, 2.75) is 13.8 Å². The summed E-state index contributed by atoms with van der Waals surface area (Å²) in [7, 11) is 0. The van der Waals surface area contributed by atoms with Crippen molar-refractivity contribution in [2.75, 3.05) is 11.9 Å². The number of hydrogen-bond acceptors (Lipinski definition) is 2. The zero-order valence-corrected chi connectivity index (χ0v) is 7.14. The van der Waals surface area contributed by atoms with E-state index in [1.807, 2.05) is 19.9 Å². The lowest BCUT2D eigenvalue weighted by Gasteiger charge is -1.99. The Morgan fingerprint density at radius 1 is 1.67 bits per heavy atom. The highest BCUT2D eigenvalue weighted by Gasteiger charge is 2.02. The van der Waals surface area contributed by atoms with Gasteiger partial charge in [-0.25, -0.2) is 0 Å². The smallest absolute Gasteiger partial charge is 0.322 e. The van der Waals surface area contributed by atoms with Gasteiger partial charge in [0.25, 0.3) is 0 Å². The molecule has 4 nitrogen and oxygen atoms in total. The molecular formula is C8H12N2O2. The molecule has 0 aliphatic heterocycles. The molecule has 12 heavy (non-hydrogen) atoms. The van der Waals surface area contributed by atoms with E-state index in [0.29, 0.717) is 0 Å². The molecule has 0 amide bonds. The summed E-state index contributed by atoms with van der Waals surface area (Å²) in [5.41, 5.74) is 2.85. The van der Waals surface area contributed by atoms with E-state index >= 15 is 0 Å². The third-order valence-electron chi connectivity index (χ3n) is 1.58. The Kier molecular flexibility index (Phi) is 2.38. The molecule has 0 spiro atoms. The van der Waals surface area contributed by atoms with Gasteiger partial charge in [0.15, 0.2) is 0 Å². The van der Waals surface area contributed by atoms with Crippen molar-refractivity contribution in [2.24, 2.45) is 0 Å². The molecule has 1 aromatic heterocycles. The Labute approximate surface area is 70.6 Å². The summed E-state index contributed by atoms with van der Waals surface area (Å²) in [6, 6.07) is 1.89. The second-order valence-corrected chi connectivity index (χ2v) is 2.74. The van der Waals surface area contributed by atoms with E-state index in [1.165, 1.54) is 0 Å². The standard InChI is InChI=1S/C8H12N2O2/c1-5-3-7(6(2)10-5)9-4-8(11)12/h3,9-10H,4H2,1-2H3,(H,11,12). The van der Waals surface area contributed by atoms with Crippen LogP contribution in [-0.2, 0) is 4.79 Å². The molecule has 0 unspecified atom stereocenters. The fraction of sp³-hybridized carbons (Fsp3) is 0.375. The minimum Gasteiger partial charge on any atom is -0.480 e. The molecular weight excluding hydrogens is 156 g/mol. The molecule has 0 saturated heterocycles. The van der Waals surface area contributed by atoms with Gasteiger partial charge in [0.05, 0.1) is 5.69 Å². The van der Waals surface area contributed by atoms with Crippen LogP contribution in [0.25, 0.3) is 0 Å². The molecule has 0 fully saturated rings. The molecule has 1 aromatic rings. The highest BCUT2D eigenvalue weighted by Crippen LogP contribution is 2.14. The van der Waals surface area contributed by atoms with Crippen LogP contribution in [0, 0.1) is 13.8 Å². The number of carbonyl (C=O) groups is 1. The van der Waals surface area contributed by atoms with Crippen LogP contribution < -0.4 is 5.32 Å². The molecule has 1 heterocycles. The summed E-state index contributed by atoms with van der Waals surface area (Å²) in [6.07, 6.45) is 0. The SMILES string of the molecule is Cc1cc(NCC(=O)O)c(C)[nH]1. The quantitative estimate of drug-likeness (QED) is 0.633. The number of rotatable bonds is 3. The minimum absolute atomic E-state index is 0.0435. The highest BCUT2D eigenvalue weighted by atomic mass is 16.4. The first-order chi connectivity index (χ1) is 5.59. The molecule has 0 aliphatic carbocycles. The molecule has 0 atom stereocenters. The second-order valence-electron chi connectivity index (χ2n) is 2.74. The van der Waals surface area contributed by atoms with Gasteiger partial charge in [-0.2, -0.15) is 0 Å². The third kappa shape index (κ3) is 2.02. The van der Waals surface area contributed by atoms with Crippen molar-refractivity contribution < 1.29 is 9.90 Å². The van der Waals surface area contributed by atoms with Gasteiger partial charge < -0.3 is 15.4 Å². The second kappa shape index (κ2) is 3.30. The molecule has 0 bridgehead atoms. The molecule has 0 aromatic carbocycles. The van der Waals surface area contributed by atoms with Crippen molar-refractivity contribution in [3.8, 4) is 0 Å². The van der Waals surface area contributed by atoms with Gasteiger partial charge in [0.1, 0.15) is 6.54 Å². The number of H-pyrrole nitrogens is 1. The molecule has 0 saturated carbocycles. The third-order valence-corrected chi connectivity index (χ3v) is 1.58. The maximum atomic E-state index is 10.2. The first-order valence-corrected chi connectivity index (χ1v) is 3.71. The van der Waals surface area contributed by atoms with Crippen LogP contribution in [0.4, 0.5) is 5.69 Å². The Morgan fingerprint density at radius 3 is 2.75 bits per heavy atom. The van der Waals surface area contributed by atoms with Crippen LogP contribution in [0.2, 0.25) is 0 Å². The lowest BCUT2D eigenvalue weighted by Crippen LogP contribution is -2.12. The Morgan fingerprint density at radius 2 is 2.33 bits per heavy atom. The predicted molar refractivity (Wildman–Crippen MR) is 46.4 cm³/mol. The van der Waals surface area contributed by atoms with Crippen LogP contribution >= 0.6 is 0 Å². The van der Waals surface area contributed by atoms with Crippen molar-refractivity contribution in [1.29, 1.82) is 0 Å². The van der Waals surface area contributed by atoms with E-state index in [-0.39, 0.29) is 6.54 Å². The van der Waals surface area contributed by atoms with Crippen molar-refractivity contribution in [3.05, 3.63) is 17.5 Å². The number of aliphatic carboxylic acids is 1. The average molecular weight is 168 g/mol. The molecule has 0 radical (unpaired) electrons. The topological polar surface area (TPSA) is 65.1 Å². The van der Waals surface area contributed by atoms with Crippen LogP contribution in [0.15, 0.2) is 6.07 Å². The van der Waals surface area contributed by atoms with Gasteiger partial charge >= 0.3 is 5.97 Å². The first-order valence-electron chi connectivity index (χ1n) is 3.71. The van der Waals surface area contributed by atoms with E-state index in [1.54, 1.807) is 0 Å². The highest BCUT2D eigenvalue weighted by molar-refractivity contribution is 5.73. The zero-order valence-electron chi connectivity index (χ0n) is 7.14. The van der Waals surface area contributed by atoms with Crippen LogP contribution in [0.1, 0.15) is 11.4 Å². The van der Waals surface area contributed by atoms with E-state index in [4.69, 9.17) is 5.11 Å². The molecule has 3 N–H and O–H groups in total. The number of hydrogen-bond donors (Lipinski definition) is 3. The monoisotopic (exact) mass is 168 g/mol. The summed E-state index contributed by atoms with van der Waals surface area (Å²) in [5.74, 6) is -0.853. The fourth-order valence-electron chi connectivity index (χ4n) is 1.08. The number of aryl methyl sites for hydroxylation is 2. The fourth-order valence-corrected chi connectivity index (χ4v) is 1.08. The maximum absolute atomic E-state index is 10.2. The number of anilines is 1. The number of aromatic nitrogens is 1. The van der Waals surface area contributed by atoms with Crippen LogP contribution in [0.3, 0.4) is 0 Å². The number of carboxylic acids is 1. The van der Waals surface area contributed by atoms with Gasteiger partial charge in [0, 0.05) is 11.4 Å². The lowest BCUT2D eigenvalue weighted by atomic mass is 10.3. The Hall–Kier alpha value is -1.45.